The smallest absolute Gasteiger partial charge is 0.311 e. The zero-order valence-electron chi connectivity index (χ0n) is 23.6. The molecule has 0 atom stereocenters. The van der Waals surface area contributed by atoms with Crippen LogP contribution in [0.2, 0.25) is 0 Å². The lowest BCUT2D eigenvalue weighted by Gasteiger charge is -2.32. The van der Waals surface area contributed by atoms with Crippen LogP contribution in [-0.4, -0.2) is 30.1 Å². The number of carbonyl (C=O) groups is 4. The molecule has 2 aliphatic carbocycles. The van der Waals surface area contributed by atoms with Gasteiger partial charge in [0.1, 0.15) is 0 Å². The minimum Gasteiger partial charge on any atom is -0.466 e. The van der Waals surface area contributed by atoms with Crippen molar-refractivity contribution in [2.75, 3.05) is 6.61 Å². The quantitative estimate of drug-likeness (QED) is 0.121. The fourth-order valence-electron chi connectivity index (χ4n) is 5.57. The van der Waals surface area contributed by atoms with Crippen molar-refractivity contribution in [3.05, 3.63) is 70.5 Å². The number of unbranched alkanes of at least 4 members (excludes halogenated alkanes) is 6. The van der Waals surface area contributed by atoms with Crippen molar-refractivity contribution in [1.82, 2.24) is 0 Å². The Labute approximate surface area is 242 Å². The predicted octanol–water partition coefficient (Wildman–Crippen LogP) is 8.05. The lowest BCUT2D eigenvalue weighted by Crippen LogP contribution is -2.30. The van der Waals surface area contributed by atoms with Crippen molar-refractivity contribution in [2.45, 2.75) is 90.4 Å². The molecule has 0 bridgehead atoms. The maximum absolute atomic E-state index is 13.6. The van der Waals surface area contributed by atoms with Crippen LogP contribution in [0.4, 0.5) is 0 Å². The normalized spacial score (nSPS) is 19.3. The molecule has 1 aromatic carbocycles. The molecule has 1 saturated carbocycles. The molecule has 0 heterocycles. The Morgan fingerprint density at radius 2 is 1.43 bits per heavy atom. The second-order valence-corrected chi connectivity index (χ2v) is 11.0. The van der Waals surface area contributed by atoms with Gasteiger partial charge in [0.25, 0.3) is 0 Å². The summed E-state index contributed by atoms with van der Waals surface area (Å²) < 4.78 is 10.6. The van der Waals surface area contributed by atoms with Gasteiger partial charge in [-0.15, -0.1) is 0 Å². The lowest BCUT2D eigenvalue weighted by molar-refractivity contribution is -0.143. The van der Waals surface area contributed by atoms with E-state index in [9.17, 15) is 19.2 Å². The topological polar surface area (TPSA) is 86.7 Å². The van der Waals surface area contributed by atoms with E-state index in [2.05, 4.69) is 6.58 Å². The summed E-state index contributed by atoms with van der Waals surface area (Å²) in [5.41, 5.74) is 0.992. The average Bonchev–Trinajstić information content (AvgIpc) is 2.95. The highest BCUT2D eigenvalue weighted by molar-refractivity contribution is 6.30. The van der Waals surface area contributed by atoms with Gasteiger partial charge in [-0.3, -0.25) is 19.2 Å². The summed E-state index contributed by atoms with van der Waals surface area (Å²) in [5.74, 6) is -1.30. The van der Waals surface area contributed by atoms with Crippen molar-refractivity contribution >= 4 is 35.1 Å². The van der Waals surface area contributed by atoms with E-state index >= 15 is 0 Å². The number of hydrogen-bond acceptors (Lipinski definition) is 6. The molecule has 6 nitrogen and oxygen atoms in total. The summed E-state index contributed by atoms with van der Waals surface area (Å²) in [5, 5.41) is 0.752. The summed E-state index contributed by atoms with van der Waals surface area (Å²) in [4.78, 5) is 51.2. The van der Waals surface area contributed by atoms with E-state index in [1.54, 1.807) is 43.3 Å². The molecule has 216 valence electrons. The number of fused-ring (bicyclic) bond motifs is 1. The largest absolute Gasteiger partial charge is 0.466 e. The monoisotopic (exact) mass is 568 g/mol. The molecular formula is C33H41ClO6. The molecule has 0 unspecified atom stereocenters. The van der Waals surface area contributed by atoms with Gasteiger partial charge in [0.2, 0.25) is 5.78 Å². The average molecular weight is 569 g/mol. The van der Waals surface area contributed by atoms with Crippen LogP contribution in [0.15, 0.2) is 59.4 Å². The first-order valence-corrected chi connectivity index (χ1v) is 15.0. The first-order valence-electron chi connectivity index (χ1n) is 14.6. The second kappa shape index (κ2) is 16.3. The zero-order chi connectivity index (χ0) is 28.9. The minimum atomic E-state index is -0.479. The molecule has 0 radical (unpaired) electrons. The molecule has 0 amide bonds. The molecule has 7 heteroatoms. The van der Waals surface area contributed by atoms with E-state index in [-0.39, 0.29) is 41.3 Å². The number of ketones is 2. The Bertz CT molecular complexity index is 1140. The molecular weight excluding hydrogens is 528 g/mol. The van der Waals surface area contributed by atoms with Gasteiger partial charge in [-0.25, -0.2) is 0 Å². The first kappa shape index (κ1) is 31.5. The van der Waals surface area contributed by atoms with Crippen LogP contribution in [0.25, 0.3) is 0 Å². The molecule has 2 aliphatic rings. The summed E-state index contributed by atoms with van der Waals surface area (Å²) >= 11 is 6.40. The van der Waals surface area contributed by atoms with Crippen molar-refractivity contribution in [2.24, 2.45) is 11.8 Å². The number of hydrogen-bond donors (Lipinski definition) is 0. The molecule has 40 heavy (non-hydrogen) atoms. The number of rotatable bonds is 15. The Morgan fingerprint density at radius 1 is 0.875 bits per heavy atom. The third-order valence-corrected chi connectivity index (χ3v) is 8.13. The molecule has 0 spiro atoms. The highest BCUT2D eigenvalue weighted by atomic mass is 35.5. The van der Waals surface area contributed by atoms with Gasteiger partial charge in [0.15, 0.2) is 11.5 Å². The van der Waals surface area contributed by atoms with Gasteiger partial charge in [-0.05, 0) is 63.4 Å². The lowest BCUT2D eigenvalue weighted by atomic mass is 9.73. The van der Waals surface area contributed by atoms with Crippen molar-refractivity contribution in [3.63, 3.8) is 0 Å². The number of allylic oxidation sites excluding steroid dienone is 5. The number of ether oxygens (including phenoxy) is 2. The van der Waals surface area contributed by atoms with Crippen LogP contribution >= 0.6 is 11.6 Å². The predicted molar refractivity (Wildman–Crippen MR) is 156 cm³/mol. The van der Waals surface area contributed by atoms with Crippen molar-refractivity contribution < 1.29 is 28.7 Å². The highest BCUT2D eigenvalue weighted by Crippen LogP contribution is 2.42. The molecule has 3 rings (SSSR count). The number of halogens is 1. The van der Waals surface area contributed by atoms with Gasteiger partial charge in [0, 0.05) is 29.0 Å². The summed E-state index contributed by atoms with van der Waals surface area (Å²) in [7, 11) is 0. The van der Waals surface area contributed by atoms with Gasteiger partial charge in [-0.2, -0.15) is 0 Å². The van der Waals surface area contributed by atoms with E-state index in [4.69, 9.17) is 21.1 Å². The van der Waals surface area contributed by atoms with E-state index in [0.29, 0.717) is 43.4 Å². The molecule has 1 fully saturated rings. The summed E-state index contributed by atoms with van der Waals surface area (Å²) in [6, 6.07) is 6.74. The van der Waals surface area contributed by atoms with Gasteiger partial charge in [-0.1, -0.05) is 80.6 Å². The van der Waals surface area contributed by atoms with E-state index in [1.807, 2.05) is 0 Å². The van der Waals surface area contributed by atoms with E-state index < -0.39 is 11.8 Å². The Kier molecular flexibility index (Phi) is 12.9. The summed E-state index contributed by atoms with van der Waals surface area (Å²) in [6.45, 7) is 5.93. The SMILES string of the molecule is C=C/C=C(/Cl)C1CCC(C2=C(OC(=O)CCCCCCCCCC(=O)OCC)C(=O)c3ccccc3C2=O)CC1. The first-order chi connectivity index (χ1) is 19.4. The Morgan fingerprint density at radius 3 is 2.00 bits per heavy atom. The molecule has 0 N–H and O–H groups in total. The van der Waals surface area contributed by atoms with Crippen LogP contribution in [0, 0.1) is 11.8 Å². The van der Waals surface area contributed by atoms with Gasteiger partial charge < -0.3 is 9.47 Å². The maximum Gasteiger partial charge on any atom is 0.311 e. The number of carbonyl (C=O) groups excluding carboxylic acids is 4. The van der Waals surface area contributed by atoms with Gasteiger partial charge in [0.05, 0.1) is 12.2 Å². The van der Waals surface area contributed by atoms with Crippen LogP contribution in [-0.2, 0) is 19.1 Å². The van der Waals surface area contributed by atoms with Gasteiger partial charge >= 0.3 is 11.9 Å². The van der Waals surface area contributed by atoms with Crippen LogP contribution in [0.1, 0.15) is 111 Å². The summed E-state index contributed by atoms with van der Waals surface area (Å²) in [6.07, 6.45) is 13.5. The Balaban J connectivity index is 1.55. The van der Waals surface area contributed by atoms with Crippen molar-refractivity contribution in [3.8, 4) is 0 Å². The fourth-order valence-corrected chi connectivity index (χ4v) is 5.88. The molecule has 0 aromatic heterocycles. The zero-order valence-corrected chi connectivity index (χ0v) is 24.3. The molecule has 0 saturated heterocycles. The highest BCUT2D eigenvalue weighted by Gasteiger charge is 2.39. The van der Waals surface area contributed by atoms with E-state index in [1.165, 1.54) is 0 Å². The van der Waals surface area contributed by atoms with Crippen LogP contribution < -0.4 is 0 Å². The molecule has 1 aromatic rings. The fraction of sp³-hybridized carbons (Fsp3) is 0.515. The van der Waals surface area contributed by atoms with Crippen LogP contribution in [0.3, 0.4) is 0 Å². The number of esters is 2. The third-order valence-electron chi connectivity index (χ3n) is 7.70. The number of Topliss-reactive ketones (excluding diaryl/α,β-unsaturated/α-hetero) is 2. The number of benzene rings is 1. The standard InChI is InChI=1S/C33H41ClO6/c1-3-14-27(34)23-19-21-24(22-20-23)30-31(37)25-15-12-13-16-26(25)32(38)33(30)40-29(36)18-11-9-7-5-6-8-10-17-28(35)39-4-2/h3,12-16,23-24H,1,4-11,17-22H2,2H3/b27-14+. The third kappa shape index (κ3) is 8.76. The molecule has 0 aliphatic heterocycles. The maximum atomic E-state index is 13.6. The van der Waals surface area contributed by atoms with E-state index in [0.717, 1.165) is 56.4 Å². The second-order valence-electron chi connectivity index (χ2n) is 10.5. The van der Waals surface area contributed by atoms with Crippen LogP contribution in [0.5, 0.6) is 0 Å². The minimum absolute atomic E-state index is 0.0912. The van der Waals surface area contributed by atoms with Crippen molar-refractivity contribution in [1.29, 1.82) is 0 Å². The Hall–Kier alpha value is -2.99.